The summed E-state index contributed by atoms with van der Waals surface area (Å²) in [6.07, 6.45) is 3.31. The predicted octanol–water partition coefficient (Wildman–Crippen LogP) is 1.70. The van der Waals surface area contributed by atoms with E-state index >= 15 is 0 Å². The van der Waals surface area contributed by atoms with Gasteiger partial charge >= 0.3 is 0 Å². The Bertz CT molecular complexity index is 186. The molecule has 1 heterocycles. The van der Waals surface area contributed by atoms with E-state index in [-0.39, 0.29) is 17.5 Å². The molecule has 0 unspecified atom stereocenters. The van der Waals surface area contributed by atoms with Crippen LogP contribution in [0.2, 0.25) is 0 Å². The van der Waals surface area contributed by atoms with Crippen molar-refractivity contribution in [1.29, 1.82) is 0 Å². The lowest BCUT2D eigenvalue weighted by Gasteiger charge is -2.18. The van der Waals surface area contributed by atoms with Crippen molar-refractivity contribution in [3.63, 3.8) is 0 Å². The second kappa shape index (κ2) is 2.78. The van der Waals surface area contributed by atoms with Crippen LogP contribution in [0.25, 0.3) is 0 Å². The van der Waals surface area contributed by atoms with Gasteiger partial charge in [0.15, 0.2) is 5.78 Å². The molecule has 0 aromatic heterocycles. The Hall–Kier alpha value is -0.630. The summed E-state index contributed by atoms with van der Waals surface area (Å²) in [7, 11) is 0. The van der Waals surface area contributed by atoms with Gasteiger partial charge in [-0.25, -0.2) is 0 Å². The Morgan fingerprint density at radius 1 is 1.82 bits per heavy atom. The number of carbonyl (C=O) groups is 1. The molecule has 1 aliphatic rings. The Labute approximate surface area is 67.2 Å². The van der Waals surface area contributed by atoms with Crippen LogP contribution >= 0.6 is 0 Å². The first kappa shape index (κ1) is 8.47. The zero-order chi connectivity index (χ0) is 8.48. The standard InChI is InChI=1S/C9H14O2/c1-4-9(3)6-5-8(11-9)7(2)10/h4,8H,1,5-6H2,2-3H3/t8-,9-/m1/s1. The van der Waals surface area contributed by atoms with Crippen LogP contribution in [0, 0.1) is 0 Å². The molecule has 1 saturated heterocycles. The van der Waals surface area contributed by atoms with Gasteiger partial charge in [0.1, 0.15) is 6.10 Å². The van der Waals surface area contributed by atoms with Crippen molar-refractivity contribution in [1.82, 2.24) is 0 Å². The normalized spacial score (nSPS) is 37.1. The molecule has 0 saturated carbocycles. The Morgan fingerprint density at radius 2 is 2.45 bits per heavy atom. The molecule has 0 aromatic carbocycles. The number of ether oxygens (including phenoxy) is 1. The van der Waals surface area contributed by atoms with Crippen molar-refractivity contribution in [2.45, 2.75) is 38.4 Å². The lowest BCUT2D eigenvalue weighted by molar-refractivity contribution is -0.129. The van der Waals surface area contributed by atoms with Crippen LogP contribution in [0.5, 0.6) is 0 Å². The maximum absolute atomic E-state index is 10.9. The van der Waals surface area contributed by atoms with E-state index in [4.69, 9.17) is 4.74 Å². The SMILES string of the molecule is C=C[C@]1(C)CC[C@H](C(C)=O)O1. The fourth-order valence-electron chi connectivity index (χ4n) is 1.30. The van der Waals surface area contributed by atoms with Gasteiger partial charge in [0.2, 0.25) is 0 Å². The molecule has 2 nitrogen and oxygen atoms in total. The second-order valence-electron chi connectivity index (χ2n) is 3.27. The minimum atomic E-state index is -0.268. The fraction of sp³-hybridized carbons (Fsp3) is 0.667. The second-order valence-corrected chi connectivity index (χ2v) is 3.27. The van der Waals surface area contributed by atoms with E-state index in [0.717, 1.165) is 12.8 Å². The van der Waals surface area contributed by atoms with Gasteiger partial charge in [-0.3, -0.25) is 4.79 Å². The maximum atomic E-state index is 10.9. The van der Waals surface area contributed by atoms with E-state index in [0.29, 0.717) is 0 Å². The number of ketones is 1. The van der Waals surface area contributed by atoms with Crippen molar-refractivity contribution >= 4 is 5.78 Å². The lowest BCUT2D eigenvalue weighted by atomic mass is 10.0. The largest absolute Gasteiger partial charge is 0.360 e. The molecular weight excluding hydrogens is 140 g/mol. The van der Waals surface area contributed by atoms with Crippen molar-refractivity contribution < 1.29 is 9.53 Å². The van der Waals surface area contributed by atoms with E-state index in [2.05, 4.69) is 6.58 Å². The molecule has 1 rings (SSSR count). The average Bonchev–Trinajstić information content (AvgIpc) is 2.33. The summed E-state index contributed by atoms with van der Waals surface area (Å²) in [5, 5.41) is 0. The van der Waals surface area contributed by atoms with Gasteiger partial charge in [-0.2, -0.15) is 0 Å². The first-order chi connectivity index (χ1) is 5.07. The van der Waals surface area contributed by atoms with Gasteiger partial charge in [-0.05, 0) is 26.7 Å². The van der Waals surface area contributed by atoms with E-state index < -0.39 is 0 Å². The minimum Gasteiger partial charge on any atom is -0.360 e. The van der Waals surface area contributed by atoms with Crippen molar-refractivity contribution in [2.24, 2.45) is 0 Å². The smallest absolute Gasteiger partial charge is 0.158 e. The Balaban J connectivity index is 2.59. The van der Waals surface area contributed by atoms with Gasteiger partial charge in [-0.15, -0.1) is 6.58 Å². The monoisotopic (exact) mass is 154 g/mol. The third-order valence-electron chi connectivity index (χ3n) is 2.20. The minimum absolute atomic E-state index is 0.121. The molecule has 0 amide bonds. The summed E-state index contributed by atoms with van der Waals surface area (Å²) in [5.74, 6) is 0.121. The van der Waals surface area contributed by atoms with Crippen LogP contribution in [0.1, 0.15) is 26.7 Å². The molecule has 0 spiro atoms. The molecule has 0 bridgehead atoms. The number of hydrogen-bond donors (Lipinski definition) is 0. The zero-order valence-corrected chi connectivity index (χ0v) is 7.09. The van der Waals surface area contributed by atoms with Gasteiger partial charge < -0.3 is 4.74 Å². The van der Waals surface area contributed by atoms with E-state index in [1.165, 1.54) is 0 Å². The summed E-state index contributed by atoms with van der Waals surface area (Å²) < 4.78 is 5.49. The van der Waals surface area contributed by atoms with Crippen LogP contribution in [0.15, 0.2) is 12.7 Å². The topological polar surface area (TPSA) is 26.3 Å². The van der Waals surface area contributed by atoms with E-state index in [1.807, 2.05) is 6.92 Å². The van der Waals surface area contributed by atoms with Crippen LogP contribution in [0.3, 0.4) is 0 Å². The van der Waals surface area contributed by atoms with Gasteiger partial charge in [0, 0.05) is 0 Å². The van der Waals surface area contributed by atoms with Gasteiger partial charge in [-0.1, -0.05) is 6.08 Å². The van der Waals surface area contributed by atoms with Gasteiger partial charge in [0.25, 0.3) is 0 Å². The molecule has 1 fully saturated rings. The molecule has 2 atom stereocenters. The van der Waals surface area contributed by atoms with Crippen molar-refractivity contribution in [3.8, 4) is 0 Å². The molecule has 11 heavy (non-hydrogen) atoms. The van der Waals surface area contributed by atoms with Crippen molar-refractivity contribution in [3.05, 3.63) is 12.7 Å². The molecule has 2 heteroatoms. The Morgan fingerprint density at radius 3 is 2.73 bits per heavy atom. The molecule has 0 radical (unpaired) electrons. The molecule has 1 aliphatic heterocycles. The lowest BCUT2D eigenvalue weighted by Crippen LogP contribution is -2.24. The summed E-state index contributed by atoms with van der Waals surface area (Å²) in [6, 6.07) is 0. The highest BCUT2D eigenvalue weighted by atomic mass is 16.5. The number of rotatable bonds is 2. The molecule has 0 aliphatic carbocycles. The Kier molecular flexibility index (Phi) is 2.14. The highest BCUT2D eigenvalue weighted by molar-refractivity contribution is 5.80. The van der Waals surface area contributed by atoms with Crippen LogP contribution in [0.4, 0.5) is 0 Å². The third-order valence-corrected chi connectivity index (χ3v) is 2.20. The maximum Gasteiger partial charge on any atom is 0.158 e. The average molecular weight is 154 g/mol. The summed E-state index contributed by atoms with van der Waals surface area (Å²) >= 11 is 0. The zero-order valence-electron chi connectivity index (χ0n) is 7.09. The number of carbonyl (C=O) groups excluding carboxylic acids is 1. The van der Waals surface area contributed by atoms with Crippen LogP contribution in [-0.2, 0) is 9.53 Å². The molecule has 0 N–H and O–H groups in total. The predicted molar refractivity (Wildman–Crippen MR) is 43.4 cm³/mol. The third kappa shape index (κ3) is 1.69. The molecular formula is C9H14O2. The van der Waals surface area contributed by atoms with Crippen molar-refractivity contribution in [2.75, 3.05) is 0 Å². The molecule has 62 valence electrons. The fourth-order valence-corrected chi connectivity index (χ4v) is 1.30. The first-order valence-corrected chi connectivity index (χ1v) is 3.89. The quantitative estimate of drug-likeness (QED) is 0.566. The van der Waals surface area contributed by atoms with Crippen LogP contribution in [-0.4, -0.2) is 17.5 Å². The van der Waals surface area contributed by atoms with E-state index in [9.17, 15) is 4.79 Å². The summed E-state index contributed by atoms with van der Waals surface area (Å²) in [4.78, 5) is 10.9. The highest BCUT2D eigenvalue weighted by Gasteiger charge is 2.35. The summed E-state index contributed by atoms with van der Waals surface area (Å²) in [5.41, 5.74) is -0.268. The number of hydrogen-bond acceptors (Lipinski definition) is 2. The number of Topliss-reactive ketones (excluding diaryl/α,β-unsaturated/α-hetero) is 1. The van der Waals surface area contributed by atoms with E-state index in [1.54, 1.807) is 13.0 Å². The highest BCUT2D eigenvalue weighted by Crippen LogP contribution is 2.30. The van der Waals surface area contributed by atoms with Crippen LogP contribution < -0.4 is 0 Å². The van der Waals surface area contributed by atoms with Gasteiger partial charge in [0.05, 0.1) is 5.60 Å². The molecule has 0 aromatic rings. The summed E-state index contributed by atoms with van der Waals surface area (Å²) in [6.45, 7) is 7.20. The first-order valence-electron chi connectivity index (χ1n) is 3.89.